The Morgan fingerprint density at radius 2 is 2.04 bits per heavy atom. The lowest BCUT2D eigenvalue weighted by molar-refractivity contribution is 0.186. The highest BCUT2D eigenvalue weighted by atomic mass is 32.1. The fourth-order valence-electron chi connectivity index (χ4n) is 3.88. The first-order valence-electron chi connectivity index (χ1n) is 8.89. The zero-order valence-corrected chi connectivity index (χ0v) is 15.0. The fourth-order valence-corrected chi connectivity index (χ4v) is 4.48. The van der Waals surface area contributed by atoms with Gasteiger partial charge in [-0.2, -0.15) is 4.98 Å². The van der Waals surface area contributed by atoms with E-state index >= 15 is 0 Å². The Morgan fingerprint density at radius 1 is 1.29 bits per heavy atom. The molecule has 2 aromatic rings. The second-order valence-electron chi connectivity index (χ2n) is 7.23. The maximum absolute atomic E-state index is 6.43. The molecule has 3 heterocycles. The lowest BCUT2D eigenvalue weighted by Gasteiger charge is -2.29. The average Bonchev–Trinajstić information content (AvgIpc) is 3.30. The van der Waals surface area contributed by atoms with E-state index in [0.29, 0.717) is 5.92 Å². The van der Waals surface area contributed by atoms with Crippen molar-refractivity contribution < 1.29 is 4.52 Å². The van der Waals surface area contributed by atoms with Crippen LogP contribution < -0.4 is 5.73 Å². The summed E-state index contributed by atoms with van der Waals surface area (Å²) < 4.78 is 5.57. The number of nitrogens with zero attached hydrogens (tertiary/aromatic N) is 4. The third kappa shape index (κ3) is 3.25. The molecule has 0 unspecified atom stereocenters. The van der Waals surface area contributed by atoms with Crippen LogP contribution in [0.1, 0.15) is 66.9 Å². The number of aromatic nitrogens is 3. The number of thiazole rings is 1. The van der Waals surface area contributed by atoms with E-state index in [9.17, 15) is 0 Å². The minimum Gasteiger partial charge on any atom is -0.339 e. The van der Waals surface area contributed by atoms with Gasteiger partial charge in [0, 0.05) is 17.8 Å². The van der Waals surface area contributed by atoms with E-state index in [2.05, 4.69) is 32.3 Å². The van der Waals surface area contributed by atoms with E-state index in [4.69, 9.17) is 10.3 Å². The molecule has 24 heavy (non-hydrogen) atoms. The molecule has 2 N–H and O–H groups in total. The summed E-state index contributed by atoms with van der Waals surface area (Å²) in [7, 11) is 0. The van der Waals surface area contributed by atoms with Gasteiger partial charge in [-0.15, -0.1) is 11.3 Å². The van der Waals surface area contributed by atoms with E-state index in [1.807, 2.05) is 0 Å². The predicted molar refractivity (Wildman–Crippen MR) is 92.7 cm³/mol. The topological polar surface area (TPSA) is 81.1 Å². The Labute approximate surface area is 146 Å². The van der Waals surface area contributed by atoms with Crippen LogP contribution in [0.5, 0.6) is 0 Å². The molecule has 7 heteroatoms. The van der Waals surface area contributed by atoms with Crippen molar-refractivity contribution >= 4 is 11.3 Å². The highest BCUT2D eigenvalue weighted by molar-refractivity contribution is 7.09. The molecule has 1 aliphatic heterocycles. The molecule has 0 radical (unpaired) electrons. The van der Waals surface area contributed by atoms with Crippen molar-refractivity contribution in [3.63, 3.8) is 0 Å². The standard InChI is InChI=1S/C17H25N5OS/c1-12-19-14(11-24-12)10-22-8-4-13(5-9-22)15-20-16(21-23-15)17(18)6-2-3-7-17/h11,13H,2-10,18H2,1H3. The van der Waals surface area contributed by atoms with Crippen LogP contribution in [0.4, 0.5) is 0 Å². The van der Waals surface area contributed by atoms with E-state index in [0.717, 1.165) is 74.9 Å². The zero-order valence-electron chi connectivity index (χ0n) is 14.2. The highest BCUT2D eigenvalue weighted by Crippen LogP contribution is 2.36. The SMILES string of the molecule is Cc1nc(CN2CCC(c3nc(C4(N)CCCC4)no3)CC2)cs1. The number of hydrogen-bond acceptors (Lipinski definition) is 7. The Hall–Kier alpha value is -1.31. The smallest absolute Gasteiger partial charge is 0.229 e. The predicted octanol–water partition coefficient (Wildman–Crippen LogP) is 2.94. The monoisotopic (exact) mass is 347 g/mol. The maximum Gasteiger partial charge on any atom is 0.229 e. The van der Waals surface area contributed by atoms with E-state index in [-0.39, 0.29) is 5.54 Å². The molecule has 1 saturated heterocycles. The van der Waals surface area contributed by atoms with Crippen molar-refractivity contribution in [2.24, 2.45) is 5.73 Å². The summed E-state index contributed by atoms with van der Waals surface area (Å²) in [5.41, 5.74) is 7.26. The third-order valence-corrected chi connectivity index (χ3v) is 6.19. The van der Waals surface area contributed by atoms with Crippen molar-refractivity contribution in [3.8, 4) is 0 Å². The second-order valence-corrected chi connectivity index (χ2v) is 8.29. The lowest BCUT2D eigenvalue weighted by Crippen LogP contribution is -2.35. The maximum atomic E-state index is 6.43. The first-order chi connectivity index (χ1) is 11.6. The fraction of sp³-hybridized carbons (Fsp3) is 0.706. The van der Waals surface area contributed by atoms with Crippen LogP contribution in [0.3, 0.4) is 0 Å². The van der Waals surface area contributed by atoms with E-state index < -0.39 is 0 Å². The van der Waals surface area contributed by atoms with Crippen molar-refractivity contribution in [3.05, 3.63) is 27.8 Å². The molecule has 2 aliphatic rings. The molecule has 1 aliphatic carbocycles. The van der Waals surface area contributed by atoms with Gasteiger partial charge in [0.05, 0.1) is 16.2 Å². The quantitative estimate of drug-likeness (QED) is 0.916. The van der Waals surface area contributed by atoms with Gasteiger partial charge in [0.25, 0.3) is 0 Å². The molecule has 2 fully saturated rings. The second kappa shape index (κ2) is 6.54. The van der Waals surface area contributed by atoms with Gasteiger partial charge in [0.15, 0.2) is 5.82 Å². The zero-order chi connectivity index (χ0) is 16.6. The van der Waals surface area contributed by atoms with Gasteiger partial charge >= 0.3 is 0 Å². The van der Waals surface area contributed by atoms with Crippen LogP contribution in [-0.2, 0) is 12.1 Å². The van der Waals surface area contributed by atoms with Gasteiger partial charge in [-0.05, 0) is 45.7 Å². The summed E-state index contributed by atoms with van der Waals surface area (Å²) in [6, 6.07) is 0. The number of piperidine rings is 1. The number of rotatable bonds is 4. The van der Waals surface area contributed by atoms with Crippen LogP contribution in [-0.4, -0.2) is 33.1 Å². The molecule has 0 spiro atoms. The summed E-state index contributed by atoms with van der Waals surface area (Å²) in [5, 5.41) is 7.50. The summed E-state index contributed by atoms with van der Waals surface area (Å²) in [6.07, 6.45) is 6.38. The Morgan fingerprint density at radius 3 is 2.71 bits per heavy atom. The van der Waals surface area contributed by atoms with Crippen LogP contribution >= 0.6 is 11.3 Å². The molecule has 0 amide bonds. The van der Waals surface area contributed by atoms with Gasteiger partial charge in [0.2, 0.25) is 5.89 Å². The van der Waals surface area contributed by atoms with E-state index in [1.165, 1.54) is 5.69 Å². The summed E-state index contributed by atoms with van der Waals surface area (Å²) in [6.45, 7) is 5.10. The van der Waals surface area contributed by atoms with Crippen LogP contribution in [0, 0.1) is 6.92 Å². The number of likely N-dealkylation sites (tertiary alicyclic amines) is 1. The lowest BCUT2D eigenvalue weighted by atomic mass is 9.96. The van der Waals surface area contributed by atoms with Crippen LogP contribution in [0.2, 0.25) is 0 Å². The Kier molecular flexibility index (Phi) is 4.40. The average molecular weight is 347 g/mol. The molecule has 0 aromatic carbocycles. The minimum absolute atomic E-state index is 0.356. The molecule has 0 bridgehead atoms. The number of hydrogen-bond donors (Lipinski definition) is 1. The normalized spacial score (nSPS) is 22.2. The van der Waals surface area contributed by atoms with Crippen molar-refractivity contribution in [2.45, 2.75) is 63.5 Å². The minimum atomic E-state index is -0.356. The van der Waals surface area contributed by atoms with Gasteiger partial charge in [-0.1, -0.05) is 18.0 Å². The van der Waals surface area contributed by atoms with E-state index in [1.54, 1.807) is 11.3 Å². The molecule has 130 valence electrons. The Balaban J connectivity index is 1.35. The molecule has 1 saturated carbocycles. The number of aryl methyl sites for hydroxylation is 1. The van der Waals surface area contributed by atoms with Gasteiger partial charge in [-0.25, -0.2) is 4.98 Å². The number of nitrogens with two attached hydrogens (primary N) is 1. The molecular weight excluding hydrogens is 322 g/mol. The molecule has 2 aromatic heterocycles. The van der Waals surface area contributed by atoms with Gasteiger partial charge < -0.3 is 10.3 Å². The first kappa shape index (κ1) is 16.2. The summed E-state index contributed by atoms with van der Waals surface area (Å²) >= 11 is 1.72. The highest BCUT2D eigenvalue weighted by Gasteiger charge is 2.37. The van der Waals surface area contributed by atoms with Crippen LogP contribution in [0.25, 0.3) is 0 Å². The van der Waals surface area contributed by atoms with Gasteiger partial charge in [0.1, 0.15) is 0 Å². The van der Waals surface area contributed by atoms with Crippen LogP contribution in [0.15, 0.2) is 9.90 Å². The van der Waals surface area contributed by atoms with Gasteiger partial charge in [-0.3, -0.25) is 4.90 Å². The summed E-state index contributed by atoms with van der Waals surface area (Å²) in [4.78, 5) is 11.7. The molecule has 0 atom stereocenters. The molecule has 4 rings (SSSR count). The summed E-state index contributed by atoms with van der Waals surface area (Å²) in [5.74, 6) is 1.87. The van der Waals surface area contributed by atoms with Crippen molar-refractivity contribution in [1.29, 1.82) is 0 Å². The Bertz CT molecular complexity index is 683. The van der Waals surface area contributed by atoms with Crippen molar-refractivity contribution in [1.82, 2.24) is 20.0 Å². The first-order valence-corrected chi connectivity index (χ1v) is 9.77. The third-order valence-electron chi connectivity index (χ3n) is 5.37. The van der Waals surface area contributed by atoms with Crippen molar-refractivity contribution in [2.75, 3.05) is 13.1 Å². The molecular formula is C17H25N5OS. The molecule has 6 nitrogen and oxygen atoms in total. The largest absolute Gasteiger partial charge is 0.339 e.